The molecule has 2 N–H and O–H groups in total. The van der Waals surface area contributed by atoms with Crippen LogP contribution in [-0.4, -0.2) is 21.5 Å². The smallest absolute Gasteiger partial charge is 0.194 e. The molecule has 0 spiro atoms. The molecule has 2 rings (SSSR count). The van der Waals surface area contributed by atoms with Gasteiger partial charge in [-0.15, -0.1) is 0 Å². The second-order valence-electron chi connectivity index (χ2n) is 4.08. The molecule has 0 fully saturated rings. The van der Waals surface area contributed by atoms with E-state index in [9.17, 15) is 0 Å². The molecule has 5 heteroatoms. The molecule has 0 amide bonds. The van der Waals surface area contributed by atoms with Gasteiger partial charge < -0.3 is 5.73 Å². The van der Waals surface area contributed by atoms with Crippen LogP contribution >= 0.6 is 11.8 Å². The lowest BCUT2D eigenvalue weighted by atomic mass is 10.2. The molecule has 2 heterocycles. The number of rotatable bonds is 4. The van der Waals surface area contributed by atoms with Crippen LogP contribution < -0.4 is 5.73 Å². The fraction of sp³-hybridized carbons (Fsp3) is 0.308. The Morgan fingerprint density at radius 1 is 1.17 bits per heavy atom. The van der Waals surface area contributed by atoms with E-state index in [-0.39, 0.29) is 0 Å². The molecule has 0 aliphatic heterocycles. The average Bonchev–Trinajstić information content (AvgIpc) is 2.31. The van der Waals surface area contributed by atoms with Gasteiger partial charge in [-0.25, -0.2) is 15.0 Å². The molecule has 0 atom stereocenters. The Balaban J connectivity index is 2.13. The van der Waals surface area contributed by atoms with E-state index in [1.54, 1.807) is 0 Å². The highest BCUT2D eigenvalue weighted by molar-refractivity contribution is 7.99. The van der Waals surface area contributed by atoms with Crippen LogP contribution in [0.2, 0.25) is 0 Å². The first kappa shape index (κ1) is 13.0. The van der Waals surface area contributed by atoms with Crippen molar-refractivity contribution in [3.63, 3.8) is 0 Å². The van der Waals surface area contributed by atoms with Crippen LogP contribution in [0.15, 0.2) is 34.6 Å². The van der Waals surface area contributed by atoms with Crippen LogP contribution in [0.1, 0.15) is 17.0 Å². The van der Waals surface area contributed by atoms with Crippen molar-refractivity contribution in [2.45, 2.75) is 30.5 Å². The van der Waals surface area contributed by atoms with Crippen LogP contribution in [-0.2, 0) is 6.42 Å². The van der Waals surface area contributed by atoms with Gasteiger partial charge in [-0.2, -0.15) is 0 Å². The van der Waals surface area contributed by atoms with Crippen LogP contribution in [0.5, 0.6) is 0 Å². The minimum Gasteiger partial charge on any atom is -0.330 e. The number of nitrogens with zero attached hydrogens (tertiary/aromatic N) is 3. The maximum absolute atomic E-state index is 5.50. The molecule has 0 unspecified atom stereocenters. The monoisotopic (exact) mass is 260 g/mol. The summed E-state index contributed by atoms with van der Waals surface area (Å²) in [6.45, 7) is 4.58. The van der Waals surface area contributed by atoms with Crippen molar-refractivity contribution in [2.24, 2.45) is 5.73 Å². The van der Waals surface area contributed by atoms with Gasteiger partial charge in [0.25, 0.3) is 0 Å². The van der Waals surface area contributed by atoms with Crippen LogP contribution in [0, 0.1) is 13.8 Å². The van der Waals surface area contributed by atoms with Crippen molar-refractivity contribution in [3.05, 3.63) is 41.3 Å². The van der Waals surface area contributed by atoms with Gasteiger partial charge in [-0.1, -0.05) is 6.07 Å². The molecule has 2 aromatic heterocycles. The molecule has 2 aromatic rings. The van der Waals surface area contributed by atoms with Crippen molar-refractivity contribution in [1.82, 2.24) is 15.0 Å². The van der Waals surface area contributed by atoms with E-state index >= 15 is 0 Å². The van der Waals surface area contributed by atoms with Gasteiger partial charge in [0.1, 0.15) is 5.03 Å². The molecule has 18 heavy (non-hydrogen) atoms. The first-order chi connectivity index (χ1) is 8.67. The van der Waals surface area contributed by atoms with Crippen molar-refractivity contribution in [3.8, 4) is 0 Å². The van der Waals surface area contributed by atoms with E-state index in [2.05, 4.69) is 15.0 Å². The summed E-state index contributed by atoms with van der Waals surface area (Å²) in [6, 6.07) is 5.99. The number of hydrogen-bond acceptors (Lipinski definition) is 5. The Hall–Kier alpha value is -1.46. The Kier molecular flexibility index (Phi) is 4.28. The molecular weight excluding hydrogens is 244 g/mol. The normalized spacial score (nSPS) is 10.6. The summed E-state index contributed by atoms with van der Waals surface area (Å²) in [5, 5.41) is 1.65. The van der Waals surface area contributed by atoms with Crippen LogP contribution in [0.4, 0.5) is 0 Å². The van der Waals surface area contributed by atoms with Crippen LogP contribution in [0.25, 0.3) is 0 Å². The van der Waals surface area contributed by atoms with Gasteiger partial charge in [0.15, 0.2) is 5.16 Å². The lowest BCUT2D eigenvalue weighted by Gasteiger charge is -2.03. The Labute approximate surface area is 111 Å². The Morgan fingerprint density at radius 3 is 2.44 bits per heavy atom. The third kappa shape index (κ3) is 3.51. The maximum Gasteiger partial charge on any atom is 0.194 e. The second kappa shape index (κ2) is 5.93. The lowest BCUT2D eigenvalue weighted by molar-refractivity contribution is 0.896. The summed E-state index contributed by atoms with van der Waals surface area (Å²) < 4.78 is 0. The molecule has 94 valence electrons. The number of hydrogen-bond donors (Lipinski definition) is 1. The summed E-state index contributed by atoms with van der Waals surface area (Å²) in [5.41, 5.74) is 8.61. The van der Waals surface area contributed by atoms with Gasteiger partial charge in [-0.3, -0.25) is 0 Å². The van der Waals surface area contributed by atoms with E-state index in [4.69, 9.17) is 5.73 Å². The zero-order chi connectivity index (χ0) is 13.0. The van der Waals surface area contributed by atoms with Crippen LogP contribution in [0.3, 0.4) is 0 Å². The topological polar surface area (TPSA) is 64.7 Å². The third-order valence-electron chi connectivity index (χ3n) is 2.39. The van der Waals surface area contributed by atoms with Crippen molar-refractivity contribution in [1.29, 1.82) is 0 Å². The fourth-order valence-electron chi connectivity index (χ4n) is 1.62. The molecular formula is C13H16N4S. The molecule has 0 saturated heterocycles. The summed E-state index contributed by atoms with van der Waals surface area (Å²) >= 11 is 1.48. The first-order valence-corrected chi connectivity index (χ1v) is 6.64. The predicted molar refractivity (Wildman–Crippen MR) is 72.6 cm³/mol. The number of pyridine rings is 1. The average molecular weight is 260 g/mol. The van der Waals surface area contributed by atoms with Gasteiger partial charge in [0.05, 0.1) is 0 Å². The van der Waals surface area contributed by atoms with E-state index in [1.165, 1.54) is 11.8 Å². The predicted octanol–water partition coefficient (Wildman–Crippen LogP) is 2.14. The maximum atomic E-state index is 5.50. The van der Waals surface area contributed by atoms with Gasteiger partial charge in [0.2, 0.25) is 0 Å². The quantitative estimate of drug-likeness (QED) is 0.853. The first-order valence-electron chi connectivity index (χ1n) is 5.82. The van der Waals surface area contributed by atoms with Crippen molar-refractivity contribution >= 4 is 11.8 Å². The number of nitrogens with two attached hydrogens (primary N) is 1. The zero-order valence-corrected chi connectivity index (χ0v) is 11.4. The summed E-state index contributed by atoms with van der Waals surface area (Å²) in [7, 11) is 0. The van der Waals surface area contributed by atoms with Gasteiger partial charge in [0, 0.05) is 17.6 Å². The van der Waals surface area contributed by atoms with Gasteiger partial charge in [-0.05, 0) is 56.3 Å². The lowest BCUT2D eigenvalue weighted by Crippen LogP contribution is -2.02. The molecule has 0 saturated carbocycles. The largest absolute Gasteiger partial charge is 0.330 e. The second-order valence-corrected chi connectivity index (χ2v) is 5.07. The molecule has 4 nitrogen and oxygen atoms in total. The minimum absolute atomic E-state index is 0.647. The van der Waals surface area contributed by atoms with Crippen molar-refractivity contribution < 1.29 is 0 Å². The zero-order valence-electron chi connectivity index (χ0n) is 10.6. The summed E-state index contributed by atoms with van der Waals surface area (Å²) in [5.74, 6) is 0. The van der Waals surface area contributed by atoms with E-state index in [1.807, 2.05) is 38.2 Å². The highest BCUT2D eigenvalue weighted by Gasteiger charge is 2.03. The van der Waals surface area contributed by atoms with Crippen molar-refractivity contribution in [2.75, 3.05) is 6.54 Å². The van der Waals surface area contributed by atoms with E-state index in [0.29, 0.717) is 6.54 Å². The fourth-order valence-corrected chi connectivity index (χ4v) is 2.43. The minimum atomic E-state index is 0.647. The number of aromatic nitrogens is 3. The van der Waals surface area contributed by atoms with E-state index < -0.39 is 0 Å². The summed E-state index contributed by atoms with van der Waals surface area (Å²) in [6.07, 6.45) is 2.72. The third-order valence-corrected chi connectivity index (χ3v) is 3.20. The Morgan fingerprint density at radius 2 is 1.89 bits per heavy atom. The molecule has 0 aliphatic carbocycles. The number of aryl methyl sites for hydroxylation is 2. The highest BCUT2D eigenvalue weighted by Crippen LogP contribution is 2.23. The molecule has 0 aromatic carbocycles. The standard InChI is InChI=1S/C13H16N4S/c1-9-7-10(2)17-13(16-9)18-12-4-3-11(5-6-14)8-15-12/h3-4,7-8H,5-6,14H2,1-2H3. The molecule has 0 radical (unpaired) electrons. The molecule has 0 bridgehead atoms. The SMILES string of the molecule is Cc1cc(C)nc(Sc2ccc(CCN)cn2)n1. The van der Waals surface area contributed by atoms with E-state index in [0.717, 1.165) is 33.6 Å². The van der Waals surface area contributed by atoms with Gasteiger partial charge >= 0.3 is 0 Å². The summed E-state index contributed by atoms with van der Waals surface area (Å²) in [4.78, 5) is 13.1. The molecule has 0 aliphatic rings. The Bertz CT molecular complexity index is 505. The highest BCUT2D eigenvalue weighted by atomic mass is 32.2.